The Morgan fingerprint density at radius 1 is 1.06 bits per heavy atom. The van der Waals surface area contributed by atoms with Gasteiger partial charge in [-0.05, 0) is 0 Å². The van der Waals surface area contributed by atoms with Crippen LogP contribution in [-0.2, 0) is 9.53 Å². The molecular formula is C10H18O8. The van der Waals surface area contributed by atoms with Gasteiger partial charge in [0.05, 0.1) is 6.61 Å². The van der Waals surface area contributed by atoms with Crippen molar-refractivity contribution < 1.29 is 40.2 Å². The van der Waals surface area contributed by atoms with E-state index in [2.05, 4.69) is 11.3 Å². The Bertz CT molecular complexity index is 269. The largest absolute Gasteiger partial charge is 0.460 e. The van der Waals surface area contributed by atoms with Crippen LogP contribution in [0.5, 0.6) is 0 Å². The van der Waals surface area contributed by atoms with Crippen molar-refractivity contribution in [2.75, 3.05) is 13.2 Å². The van der Waals surface area contributed by atoms with Gasteiger partial charge < -0.3 is 35.4 Å². The molecule has 0 radical (unpaired) electrons. The number of ether oxygens (including phenoxy) is 1. The molecule has 0 aromatic carbocycles. The molecule has 0 aromatic heterocycles. The third kappa shape index (κ3) is 5.08. The van der Waals surface area contributed by atoms with Gasteiger partial charge in [0.1, 0.15) is 37.1 Å². The van der Waals surface area contributed by atoms with Crippen molar-refractivity contribution in [2.45, 2.75) is 30.5 Å². The van der Waals surface area contributed by atoms with Gasteiger partial charge in [-0.25, -0.2) is 4.79 Å². The summed E-state index contributed by atoms with van der Waals surface area (Å²) in [6, 6.07) is 0. The van der Waals surface area contributed by atoms with Crippen LogP contribution in [0.25, 0.3) is 0 Å². The molecule has 0 spiro atoms. The molecule has 0 aromatic rings. The minimum Gasteiger partial charge on any atom is -0.460 e. The van der Waals surface area contributed by atoms with Gasteiger partial charge in [0, 0.05) is 6.08 Å². The number of hydrogen-bond acceptors (Lipinski definition) is 8. The van der Waals surface area contributed by atoms with Crippen molar-refractivity contribution in [3.05, 3.63) is 12.7 Å². The number of carbonyl (C=O) groups excluding carboxylic acids is 1. The number of aliphatic hydroxyl groups is 6. The Balaban J connectivity index is 4.30. The number of carbonyl (C=O) groups is 1. The summed E-state index contributed by atoms with van der Waals surface area (Å²) in [4.78, 5) is 10.7. The lowest BCUT2D eigenvalue weighted by atomic mass is 10.00. The van der Waals surface area contributed by atoms with Crippen LogP contribution in [-0.4, -0.2) is 80.3 Å². The second kappa shape index (κ2) is 8.14. The summed E-state index contributed by atoms with van der Waals surface area (Å²) >= 11 is 0. The third-order valence-corrected chi connectivity index (χ3v) is 2.24. The zero-order chi connectivity index (χ0) is 14.3. The fourth-order valence-electron chi connectivity index (χ4n) is 1.09. The Labute approximate surface area is 103 Å². The molecule has 5 atom stereocenters. The monoisotopic (exact) mass is 266 g/mol. The summed E-state index contributed by atoms with van der Waals surface area (Å²) in [5.41, 5.74) is 0. The van der Waals surface area contributed by atoms with E-state index in [9.17, 15) is 25.2 Å². The van der Waals surface area contributed by atoms with E-state index >= 15 is 0 Å². The van der Waals surface area contributed by atoms with E-state index in [1.165, 1.54) is 0 Å². The quantitative estimate of drug-likeness (QED) is 0.196. The van der Waals surface area contributed by atoms with Gasteiger partial charge in [0.15, 0.2) is 0 Å². The molecule has 8 heteroatoms. The van der Waals surface area contributed by atoms with Crippen LogP contribution in [0.15, 0.2) is 12.7 Å². The Morgan fingerprint density at radius 2 is 1.56 bits per heavy atom. The molecule has 6 N–H and O–H groups in total. The second-order valence-corrected chi connectivity index (χ2v) is 3.62. The standard InChI is InChI=1S/C10H18O8/c1-2-7(14)18-4-6(13)9(16)10(17)8(15)5(12)3-11/h2,5-6,8-13,15-17H,1,3-4H2. The van der Waals surface area contributed by atoms with Gasteiger partial charge in [-0.1, -0.05) is 6.58 Å². The first-order valence-corrected chi connectivity index (χ1v) is 5.15. The van der Waals surface area contributed by atoms with E-state index in [1.54, 1.807) is 0 Å². The van der Waals surface area contributed by atoms with Crippen molar-refractivity contribution in [1.29, 1.82) is 0 Å². The lowest BCUT2D eigenvalue weighted by Gasteiger charge is -2.28. The highest BCUT2D eigenvalue weighted by atomic mass is 16.5. The first kappa shape index (κ1) is 17.0. The first-order valence-electron chi connectivity index (χ1n) is 5.15. The SMILES string of the molecule is C=CC(=O)OCC(O)C(O)C(O)C(O)C(O)CO. The van der Waals surface area contributed by atoms with E-state index in [0.717, 1.165) is 6.08 Å². The van der Waals surface area contributed by atoms with Crippen LogP contribution in [0.1, 0.15) is 0 Å². The molecule has 0 fully saturated rings. The average molecular weight is 266 g/mol. The first-order chi connectivity index (χ1) is 8.34. The van der Waals surface area contributed by atoms with Crippen molar-refractivity contribution in [2.24, 2.45) is 0 Å². The average Bonchev–Trinajstić information content (AvgIpc) is 2.40. The van der Waals surface area contributed by atoms with E-state index in [1.807, 2.05) is 0 Å². The number of esters is 1. The van der Waals surface area contributed by atoms with Crippen LogP contribution in [0.2, 0.25) is 0 Å². The van der Waals surface area contributed by atoms with Crippen molar-refractivity contribution in [3.8, 4) is 0 Å². The molecule has 106 valence electrons. The van der Waals surface area contributed by atoms with Gasteiger partial charge >= 0.3 is 5.97 Å². The summed E-state index contributed by atoms with van der Waals surface area (Å²) in [5, 5.41) is 55.0. The highest BCUT2D eigenvalue weighted by Crippen LogP contribution is 2.09. The summed E-state index contributed by atoms with van der Waals surface area (Å²) in [7, 11) is 0. The predicted octanol–water partition coefficient (Wildman–Crippen LogP) is -3.49. The Kier molecular flexibility index (Phi) is 7.67. The summed E-state index contributed by atoms with van der Waals surface area (Å²) < 4.78 is 4.42. The molecule has 0 saturated carbocycles. The van der Waals surface area contributed by atoms with Crippen molar-refractivity contribution in [1.82, 2.24) is 0 Å². The molecule has 0 saturated heterocycles. The van der Waals surface area contributed by atoms with Crippen LogP contribution in [0.3, 0.4) is 0 Å². The second-order valence-electron chi connectivity index (χ2n) is 3.62. The molecule has 8 nitrogen and oxygen atoms in total. The smallest absolute Gasteiger partial charge is 0.330 e. The molecule has 0 rings (SSSR count). The summed E-state index contributed by atoms with van der Waals surface area (Å²) in [5.74, 6) is -0.827. The molecular weight excluding hydrogens is 248 g/mol. The zero-order valence-electron chi connectivity index (χ0n) is 9.59. The van der Waals surface area contributed by atoms with E-state index in [4.69, 9.17) is 10.2 Å². The third-order valence-electron chi connectivity index (χ3n) is 2.24. The molecule has 0 heterocycles. The van der Waals surface area contributed by atoms with Gasteiger partial charge in [-0.3, -0.25) is 0 Å². The maximum atomic E-state index is 10.7. The highest BCUT2D eigenvalue weighted by molar-refractivity contribution is 5.81. The number of hydrogen-bond donors (Lipinski definition) is 6. The topological polar surface area (TPSA) is 148 Å². The van der Waals surface area contributed by atoms with Crippen LogP contribution < -0.4 is 0 Å². The normalized spacial score (nSPS) is 19.4. The lowest BCUT2D eigenvalue weighted by Crippen LogP contribution is -2.51. The highest BCUT2D eigenvalue weighted by Gasteiger charge is 2.34. The predicted molar refractivity (Wildman–Crippen MR) is 58.3 cm³/mol. The van der Waals surface area contributed by atoms with Crippen LogP contribution in [0, 0.1) is 0 Å². The Hall–Kier alpha value is -1.03. The minimum atomic E-state index is -1.91. The maximum Gasteiger partial charge on any atom is 0.330 e. The van der Waals surface area contributed by atoms with Gasteiger partial charge in [0.25, 0.3) is 0 Å². The zero-order valence-corrected chi connectivity index (χ0v) is 9.59. The fraction of sp³-hybridized carbons (Fsp3) is 0.700. The molecule has 18 heavy (non-hydrogen) atoms. The van der Waals surface area contributed by atoms with E-state index in [0.29, 0.717) is 0 Å². The molecule has 0 amide bonds. The fourth-order valence-corrected chi connectivity index (χ4v) is 1.09. The summed E-state index contributed by atoms with van der Waals surface area (Å²) in [6.45, 7) is 1.67. The lowest BCUT2D eigenvalue weighted by molar-refractivity contribution is -0.158. The van der Waals surface area contributed by atoms with Crippen molar-refractivity contribution in [3.63, 3.8) is 0 Å². The van der Waals surface area contributed by atoms with E-state index < -0.39 is 49.7 Å². The Morgan fingerprint density at radius 3 is 2.00 bits per heavy atom. The summed E-state index contributed by atoms with van der Waals surface area (Å²) in [6.07, 6.45) is -8.11. The minimum absolute atomic E-state index is 0.620. The van der Waals surface area contributed by atoms with Crippen molar-refractivity contribution >= 4 is 5.97 Å². The van der Waals surface area contributed by atoms with Crippen LogP contribution >= 0.6 is 0 Å². The van der Waals surface area contributed by atoms with E-state index in [-0.39, 0.29) is 0 Å². The molecule has 0 aliphatic rings. The van der Waals surface area contributed by atoms with Crippen LogP contribution in [0.4, 0.5) is 0 Å². The molecule has 0 aliphatic heterocycles. The number of aliphatic hydroxyl groups excluding tert-OH is 6. The van der Waals surface area contributed by atoms with Gasteiger partial charge in [-0.15, -0.1) is 0 Å². The number of rotatable bonds is 8. The van der Waals surface area contributed by atoms with Gasteiger partial charge in [0.2, 0.25) is 0 Å². The van der Waals surface area contributed by atoms with Gasteiger partial charge in [-0.2, -0.15) is 0 Å². The molecule has 5 unspecified atom stereocenters. The molecule has 0 aliphatic carbocycles. The molecule has 0 bridgehead atoms. The maximum absolute atomic E-state index is 10.7.